The third-order valence-corrected chi connectivity index (χ3v) is 3.74. The van der Waals surface area contributed by atoms with Gasteiger partial charge in [0.05, 0.1) is 17.6 Å². The third kappa shape index (κ3) is 3.11. The highest BCUT2D eigenvalue weighted by molar-refractivity contribution is 5.73. The molecule has 3 rings (SSSR count). The van der Waals surface area contributed by atoms with Gasteiger partial charge in [0, 0.05) is 12.6 Å². The van der Waals surface area contributed by atoms with Crippen LogP contribution in [0.4, 0.5) is 0 Å². The van der Waals surface area contributed by atoms with Crippen LogP contribution in [0.3, 0.4) is 0 Å². The van der Waals surface area contributed by atoms with Crippen LogP contribution in [-0.4, -0.2) is 43.1 Å². The molecule has 0 saturated heterocycles. The molecule has 1 aliphatic rings. The summed E-state index contributed by atoms with van der Waals surface area (Å²) in [6.07, 6.45) is 3.83. The van der Waals surface area contributed by atoms with Gasteiger partial charge in [0.1, 0.15) is 6.04 Å². The van der Waals surface area contributed by atoms with E-state index in [4.69, 9.17) is 0 Å². The third-order valence-electron chi connectivity index (χ3n) is 3.74. The SMILES string of the molecule is CC(C(=O)O)N(Cc1cnn(-c2ccccc2)n1)C1CC1. The fraction of sp³-hybridized carbons (Fsp3) is 0.400. The number of benzene rings is 1. The standard InChI is InChI=1S/C15H18N4O2/c1-11(15(20)21)18(13-7-8-13)10-12-9-16-19(17-12)14-5-3-2-4-6-14/h2-6,9,11,13H,7-8,10H2,1H3,(H,20,21). The van der Waals surface area contributed by atoms with Crippen molar-refractivity contribution in [2.24, 2.45) is 0 Å². The summed E-state index contributed by atoms with van der Waals surface area (Å²) >= 11 is 0. The van der Waals surface area contributed by atoms with Gasteiger partial charge in [-0.3, -0.25) is 9.69 Å². The molecule has 0 amide bonds. The number of rotatable bonds is 6. The van der Waals surface area contributed by atoms with Crippen LogP contribution in [0.5, 0.6) is 0 Å². The van der Waals surface area contributed by atoms with Gasteiger partial charge in [0.15, 0.2) is 0 Å². The Morgan fingerprint density at radius 1 is 1.43 bits per heavy atom. The van der Waals surface area contributed by atoms with Crippen LogP contribution in [0, 0.1) is 0 Å². The zero-order valence-electron chi connectivity index (χ0n) is 11.9. The molecule has 1 unspecified atom stereocenters. The number of carboxylic acids is 1. The first-order chi connectivity index (χ1) is 10.1. The van der Waals surface area contributed by atoms with Crippen LogP contribution in [0.15, 0.2) is 36.5 Å². The van der Waals surface area contributed by atoms with Crippen molar-refractivity contribution in [2.75, 3.05) is 0 Å². The van der Waals surface area contributed by atoms with E-state index in [1.54, 1.807) is 17.9 Å². The maximum atomic E-state index is 11.2. The predicted octanol–water partition coefficient (Wildman–Crippen LogP) is 1.70. The molecule has 0 radical (unpaired) electrons. The molecule has 0 bridgehead atoms. The second-order valence-electron chi connectivity index (χ2n) is 5.38. The molecule has 1 heterocycles. The lowest BCUT2D eigenvalue weighted by molar-refractivity contribution is -0.143. The van der Waals surface area contributed by atoms with E-state index in [1.807, 2.05) is 35.2 Å². The van der Waals surface area contributed by atoms with Crippen molar-refractivity contribution in [2.45, 2.75) is 38.4 Å². The van der Waals surface area contributed by atoms with E-state index >= 15 is 0 Å². The van der Waals surface area contributed by atoms with Gasteiger partial charge in [-0.05, 0) is 31.9 Å². The predicted molar refractivity (Wildman–Crippen MR) is 77.0 cm³/mol. The van der Waals surface area contributed by atoms with E-state index in [-0.39, 0.29) is 0 Å². The van der Waals surface area contributed by atoms with E-state index in [0.29, 0.717) is 12.6 Å². The Morgan fingerprint density at radius 2 is 2.14 bits per heavy atom. The van der Waals surface area contributed by atoms with Crippen LogP contribution >= 0.6 is 0 Å². The average molecular weight is 286 g/mol. The maximum Gasteiger partial charge on any atom is 0.320 e. The Bertz CT molecular complexity index is 622. The number of hydrogen-bond donors (Lipinski definition) is 1. The first-order valence-electron chi connectivity index (χ1n) is 7.10. The first-order valence-corrected chi connectivity index (χ1v) is 7.10. The normalized spacial score (nSPS) is 16.1. The molecule has 1 saturated carbocycles. The van der Waals surface area contributed by atoms with Crippen molar-refractivity contribution < 1.29 is 9.90 Å². The Morgan fingerprint density at radius 3 is 2.76 bits per heavy atom. The van der Waals surface area contributed by atoms with Gasteiger partial charge in [-0.1, -0.05) is 18.2 Å². The van der Waals surface area contributed by atoms with Gasteiger partial charge in [-0.2, -0.15) is 15.0 Å². The number of aliphatic carboxylic acids is 1. The fourth-order valence-corrected chi connectivity index (χ4v) is 2.37. The second kappa shape index (κ2) is 5.65. The molecule has 1 aromatic heterocycles. The van der Waals surface area contributed by atoms with Crippen molar-refractivity contribution in [3.8, 4) is 5.69 Å². The molecule has 6 nitrogen and oxygen atoms in total. The number of nitrogens with zero attached hydrogens (tertiary/aromatic N) is 4. The number of carbonyl (C=O) groups is 1. The molecule has 1 aromatic carbocycles. The summed E-state index contributed by atoms with van der Waals surface area (Å²) in [5.41, 5.74) is 1.69. The molecule has 0 aliphatic heterocycles. The summed E-state index contributed by atoms with van der Waals surface area (Å²) < 4.78 is 0. The molecular weight excluding hydrogens is 268 g/mol. The van der Waals surface area contributed by atoms with Gasteiger partial charge in [0.2, 0.25) is 0 Å². The molecule has 1 atom stereocenters. The molecule has 6 heteroatoms. The Kier molecular flexibility index (Phi) is 3.70. The van der Waals surface area contributed by atoms with Crippen molar-refractivity contribution >= 4 is 5.97 Å². The monoisotopic (exact) mass is 286 g/mol. The van der Waals surface area contributed by atoms with Gasteiger partial charge in [-0.25, -0.2) is 0 Å². The fourth-order valence-electron chi connectivity index (χ4n) is 2.37. The van der Waals surface area contributed by atoms with E-state index < -0.39 is 12.0 Å². The molecule has 110 valence electrons. The topological polar surface area (TPSA) is 71.2 Å². The number of hydrogen-bond acceptors (Lipinski definition) is 4. The van der Waals surface area contributed by atoms with Crippen LogP contribution in [0.1, 0.15) is 25.5 Å². The van der Waals surface area contributed by atoms with Crippen LogP contribution < -0.4 is 0 Å². The Hall–Kier alpha value is -2.21. The van der Waals surface area contributed by atoms with Crippen LogP contribution in [0.2, 0.25) is 0 Å². The molecule has 1 aliphatic carbocycles. The quantitative estimate of drug-likeness (QED) is 0.875. The highest BCUT2D eigenvalue weighted by atomic mass is 16.4. The smallest absolute Gasteiger partial charge is 0.320 e. The molecule has 1 fully saturated rings. The molecule has 1 N–H and O–H groups in total. The highest BCUT2D eigenvalue weighted by Gasteiger charge is 2.35. The van der Waals surface area contributed by atoms with Crippen molar-refractivity contribution in [3.05, 3.63) is 42.2 Å². The lowest BCUT2D eigenvalue weighted by atomic mass is 10.2. The Balaban J connectivity index is 1.75. The van der Waals surface area contributed by atoms with Crippen molar-refractivity contribution in [1.82, 2.24) is 19.9 Å². The largest absolute Gasteiger partial charge is 0.480 e. The number of aromatic nitrogens is 3. The maximum absolute atomic E-state index is 11.2. The average Bonchev–Trinajstić information content (AvgIpc) is 3.23. The summed E-state index contributed by atoms with van der Waals surface area (Å²) in [6, 6.07) is 9.53. The summed E-state index contributed by atoms with van der Waals surface area (Å²) in [7, 11) is 0. The number of para-hydroxylation sites is 1. The van der Waals surface area contributed by atoms with Gasteiger partial charge >= 0.3 is 5.97 Å². The van der Waals surface area contributed by atoms with E-state index in [0.717, 1.165) is 24.2 Å². The second-order valence-corrected chi connectivity index (χ2v) is 5.38. The molecule has 0 spiro atoms. The van der Waals surface area contributed by atoms with E-state index in [9.17, 15) is 9.90 Å². The minimum Gasteiger partial charge on any atom is -0.480 e. The summed E-state index contributed by atoms with van der Waals surface area (Å²) in [5.74, 6) is -0.794. The molecule has 21 heavy (non-hydrogen) atoms. The minimum absolute atomic E-state index is 0.359. The highest BCUT2D eigenvalue weighted by Crippen LogP contribution is 2.29. The Labute approximate surface area is 123 Å². The zero-order chi connectivity index (χ0) is 14.8. The van der Waals surface area contributed by atoms with Gasteiger partial charge in [0.25, 0.3) is 0 Å². The summed E-state index contributed by atoms with van der Waals surface area (Å²) in [5, 5.41) is 17.9. The van der Waals surface area contributed by atoms with Crippen LogP contribution in [0.25, 0.3) is 5.69 Å². The summed E-state index contributed by atoms with van der Waals surface area (Å²) in [4.78, 5) is 14.8. The van der Waals surface area contributed by atoms with E-state index in [2.05, 4.69) is 10.2 Å². The lowest BCUT2D eigenvalue weighted by Gasteiger charge is -2.24. The lowest BCUT2D eigenvalue weighted by Crippen LogP contribution is -2.40. The van der Waals surface area contributed by atoms with Crippen LogP contribution in [-0.2, 0) is 11.3 Å². The van der Waals surface area contributed by atoms with E-state index in [1.165, 1.54) is 0 Å². The zero-order valence-corrected chi connectivity index (χ0v) is 11.9. The van der Waals surface area contributed by atoms with Gasteiger partial charge < -0.3 is 5.11 Å². The van der Waals surface area contributed by atoms with Crippen molar-refractivity contribution in [3.63, 3.8) is 0 Å². The molecular formula is C15H18N4O2. The molecule has 2 aromatic rings. The summed E-state index contributed by atoms with van der Waals surface area (Å²) in [6.45, 7) is 2.24. The van der Waals surface area contributed by atoms with Crippen molar-refractivity contribution in [1.29, 1.82) is 0 Å². The first kappa shape index (κ1) is 13.8. The van der Waals surface area contributed by atoms with Gasteiger partial charge in [-0.15, -0.1) is 0 Å². The number of carboxylic acid groups (broad SMARTS) is 1. The minimum atomic E-state index is -0.794.